The minimum atomic E-state index is 0.718. The van der Waals surface area contributed by atoms with Crippen LogP contribution in [0.25, 0.3) is 104 Å². The lowest BCUT2D eigenvalue weighted by Gasteiger charge is -2.11. The van der Waals surface area contributed by atoms with Crippen molar-refractivity contribution in [3.63, 3.8) is 0 Å². The zero-order valence-corrected chi connectivity index (χ0v) is 31.0. The Hall–Kier alpha value is -7.21. The summed E-state index contributed by atoms with van der Waals surface area (Å²) in [5, 5.41) is 5.86. The average Bonchev–Trinajstić information content (AvgIpc) is 3.86. The van der Waals surface area contributed by atoms with Gasteiger partial charge in [0.2, 0.25) is 0 Å². The Morgan fingerprint density at radius 1 is 0.375 bits per heavy atom. The molecule has 0 unspecified atom stereocenters. The van der Waals surface area contributed by atoms with Gasteiger partial charge >= 0.3 is 0 Å². The normalized spacial score (nSPS) is 11.6. The van der Waals surface area contributed by atoms with Crippen LogP contribution < -0.4 is 0 Å². The maximum absolute atomic E-state index is 5.05. The van der Waals surface area contributed by atoms with Crippen molar-refractivity contribution in [3.05, 3.63) is 194 Å². The van der Waals surface area contributed by atoms with Crippen LogP contribution in [-0.2, 0) is 0 Å². The standard InChI is InChI=1S/C51H32N4S/c1-3-11-34(12-4-1)45-32-46(53-50(52-45)35-13-5-2-6-14-35)39-22-21-37-29-36(19-20-38(37)30-39)33-23-26-41(27-24-33)55-47-17-9-7-15-42(47)43-28-25-40(31-48(43)55)51-54-44-16-8-10-18-49(44)56-51/h1-32H. The number of nitrogens with zero attached hydrogens (tertiary/aromatic N) is 4. The highest BCUT2D eigenvalue weighted by molar-refractivity contribution is 7.21. The van der Waals surface area contributed by atoms with E-state index in [2.05, 4.69) is 162 Å². The number of aromatic nitrogens is 4. The third kappa shape index (κ3) is 5.65. The second kappa shape index (κ2) is 13.3. The number of rotatable bonds is 6. The molecule has 0 aliphatic heterocycles. The van der Waals surface area contributed by atoms with Crippen molar-refractivity contribution < 1.29 is 0 Å². The molecule has 11 rings (SSSR count). The van der Waals surface area contributed by atoms with Gasteiger partial charge in [-0.25, -0.2) is 15.0 Å². The van der Waals surface area contributed by atoms with Crippen molar-refractivity contribution in [2.75, 3.05) is 0 Å². The molecule has 0 saturated heterocycles. The van der Waals surface area contributed by atoms with Crippen molar-refractivity contribution in [3.8, 4) is 61.3 Å². The van der Waals surface area contributed by atoms with E-state index in [-0.39, 0.29) is 0 Å². The summed E-state index contributed by atoms with van der Waals surface area (Å²) >= 11 is 1.74. The molecule has 11 aromatic rings. The molecule has 0 saturated carbocycles. The monoisotopic (exact) mass is 732 g/mol. The Morgan fingerprint density at radius 2 is 0.982 bits per heavy atom. The summed E-state index contributed by atoms with van der Waals surface area (Å²) in [6.45, 7) is 0. The summed E-state index contributed by atoms with van der Waals surface area (Å²) in [6.07, 6.45) is 0. The fraction of sp³-hybridized carbons (Fsp3) is 0. The highest BCUT2D eigenvalue weighted by Gasteiger charge is 2.16. The molecule has 0 N–H and O–H groups in total. The third-order valence-corrected chi connectivity index (χ3v) is 11.7. The molecular formula is C51H32N4S. The largest absolute Gasteiger partial charge is 0.309 e. The Morgan fingerprint density at radius 3 is 1.77 bits per heavy atom. The van der Waals surface area contributed by atoms with Gasteiger partial charge in [-0.1, -0.05) is 140 Å². The van der Waals surface area contributed by atoms with Gasteiger partial charge in [0.1, 0.15) is 5.01 Å². The first kappa shape index (κ1) is 32.2. The van der Waals surface area contributed by atoms with Gasteiger partial charge in [-0.05, 0) is 76.5 Å². The van der Waals surface area contributed by atoms with Crippen LogP contribution in [0.1, 0.15) is 0 Å². The van der Waals surface area contributed by atoms with E-state index in [0.29, 0.717) is 0 Å². The molecule has 3 aromatic heterocycles. The molecule has 0 aliphatic carbocycles. The van der Waals surface area contributed by atoms with E-state index in [4.69, 9.17) is 15.0 Å². The highest BCUT2D eigenvalue weighted by Crippen LogP contribution is 2.38. The van der Waals surface area contributed by atoms with Crippen LogP contribution in [0.2, 0.25) is 0 Å². The molecule has 3 heterocycles. The lowest BCUT2D eigenvalue weighted by atomic mass is 9.98. The SMILES string of the molecule is c1ccc(-c2cc(-c3ccc4cc(-c5ccc(-n6c7ccccc7c7ccc(-c8nc9ccccc9s8)cc76)cc5)ccc4c3)nc(-c3ccccc3)n2)cc1. The first-order valence-electron chi connectivity index (χ1n) is 18.8. The zero-order chi connectivity index (χ0) is 37.0. The van der Waals surface area contributed by atoms with Crippen LogP contribution in [0.15, 0.2) is 194 Å². The van der Waals surface area contributed by atoms with Crippen molar-refractivity contribution >= 4 is 54.1 Å². The smallest absolute Gasteiger partial charge is 0.160 e. The minimum Gasteiger partial charge on any atom is -0.309 e. The fourth-order valence-corrected chi connectivity index (χ4v) is 8.80. The second-order valence-electron chi connectivity index (χ2n) is 14.1. The third-order valence-electron chi connectivity index (χ3n) is 10.6. The Balaban J connectivity index is 0.944. The van der Waals surface area contributed by atoms with Crippen LogP contribution in [0, 0.1) is 0 Å². The lowest BCUT2D eigenvalue weighted by Crippen LogP contribution is -1.95. The summed E-state index contributed by atoms with van der Waals surface area (Å²) in [5.74, 6) is 0.718. The van der Waals surface area contributed by atoms with Crippen molar-refractivity contribution in [2.24, 2.45) is 0 Å². The molecule has 0 spiro atoms. The van der Waals surface area contributed by atoms with E-state index >= 15 is 0 Å². The van der Waals surface area contributed by atoms with Gasteiger partial charge in [-0.3, -0.25) is 0 Å². The van der Waals surface area contributed by atoms with Crippen molar-refractivity contribution in [1.29, 1.82) is 0 Å². The summed E-state index contributed by atoms with van der Waals surface area (Å²) in [4.78, 5) is 15.0. The molecule has 0 bridgehead atoms. The van der Waals surface area contributed by atoms with Gasteiger partial charge in [-0.15, -0.1) is 11.3 Å². The molecule has 0 amide bonds. The molecule has 5 heteroatoms. The Bertz CT molecular complexity index is 3150. The maximum Gasteiger partial charge on any atom is 0.160 e. The van der Waals surface area contributed by atoms with Gasteiger partial charge in [0.15, 0.2) is 5.82 Å². The van der Waals surface area contributed by atoms with E-state index in [9.17, 15) is 0 Å². The number of fused-ring (bicyclic) bond motifs is 5. The number of thiazole rings is 1. The minimum absolute atomic E-state index is 0.718. The predicted molar refractivity (Wildman–Crippen MR) is 234 cm³/mol. The van der Waals surface area contributed by atoms with Crippen LogP contribution >= 0.6 is 11.3 Å². The van der Waals surface area contributed by atoms with Gasteiger partial charge in [0, 0.05) is 38.7 Å². The van der Waals surface area contributed by atoms with Crippen molar-refractivity contribution in [1.82, 2.24) is 19.5 Å². The van der Waals surface area contributed by atoms with E-state index in [1.807, 2.05) is 36.4 Å². The van der Waals surface area contributed by atoms with Crippen LogP contribution in [0.4, 0.5) is 0 Å². The van der Waals surface area contributed by atoms with Gasteiger partial charge < -0.3 is 4.57 Å². The van der Waals surface area contributed by atoms with Gasteiger partial charge in [-0.2, -0.15) is 0 Å². The van der Waals surface area contributed by atoms with Crippen LogP contribution in [0.3, 0.4) is 0 Å². The molecule has 0 radical (unpaired) electrons. The predicted octanol–water partition coefficient (Wildman–Crippen LogP) is 13.7. The average molecular weight is 733 g/mol. The van der Waals surface area contributed by atoms with Crippen LogP contribution in [-0.4, -0.2) is 19.5 Å². The molecule has 8 aromatic carbocycles. The second-order valence-corrected chi connectivity index (χ2v) is 15.1. The molecule has 0 aliphatic rings. The summed E-state index contributed by atoms with van der Waals surface area (Å²) in [7, 11) is 0. The summed E-state index contributed by atoms with van der Waals surface area (Å²) < 4.78 is 3.58. The first-order chi connectivity index (χ1) is 27.7. The summed E-state index contributed by atoms with van der Waals surface area (Å²) in [5.41, 5.74) is 12.9. The molecular weight excluding hydrogens is 701 g/mol. The van der Waals surface area contributed by atoms with Gasteiger partial charge in [0.25, 0.3) is 0 Å². The number of para-hydroxylation sites is 2. The maximum atomic E-state index is 5.05. The molecule has 262 valence electrons. The van der Waals surface area contributed by atoms with Crippen molar-refractivity contribution in [2.45, 2.75) is 0 Å². The zero-order valence-electron chi connectivity index (χ0n) is 30.2. The van der Waals surface area contributed by atoms with E-state index in [1.165, 1.54) is 48.4 Å². The molecule has 0 fully saturated rings. The molecule has 0 atom stereocenters. The van der Waals surface area contributed by atoms with Crippen LogP contribution in [0.5, 0.6) is 0 Å². The Kier molecular flexibility index (Phi) is 7.64. The van der Waals surface area contributed by atoms with Gasteiger partial charge in [0.05, 0.1) is 32.6 Å². The van der Waals surface area contributed by atoms with E-state index in [0.717, 1.165) is 55.7 Å². The lowest BCUT2D eigenvalue weighted by molar-refractivity contribution is 1.18. The van der Waals surface area contributed by atoms with E-state index < -0.39 is 0 Å². The number of benzene rings is 8. The fourth-order valence-electron chi connectivity index (χ4n) is 7.83. The van der Waals surface area contributed by atoms with E-state index in [1.54, 1.807) is 11.3 Å². The molecule has 4 nitrogen and oxygen atoms in total. The highest BCUT2D eigenvalue weighted by atomic mass is 32.1. The summed E-state index contributed by atoms with van der Waals surface area (Å²) in [6, 6.07) is 68.7. The topological polar surface area (TPSA) is 43.6 Å². The number of hydrogen-bond donors (Lipinski definition) is 0. The first-order valence-corrected chi connectivity index (χ1v) is 19.6. The number of hydrogen-bond acceptors (Lipinski definition) is 4. The molecule has 56 heavy (non-hydrogen) atoms. The Labute approximate surface area is 327 Å². The quantitative estimate of drug-likeness (QED) is 0.171.